The Morgan fingerprint density at radius 3 is 2.58 bits per heavy atom. The zero-order chi connectivity index (χ0) is 23.8. The minimum absolute atomic E-state index is 0.102. The van der Waals surface area contributed by atoms with E-state index >= 15 is 0 Å². The van der Waals surface area contributed by atoms with Gasteiger partial charge in [0.15, 0.2) is 10.9 Å². The molecule has 1 aliphatic heterocycles. The van der Waals surface area contributed by atoms with Crippen LogP contribution in [-0.4, -0.2) is 37.0 Å². The Morgan fingerprint density at radius 2 is 1.91 bits per heavy atom. The van der Waals surface area contributed by atoms with E-state index in [0.717, 1.165) is 28.1 Å². The molecular formula is C23H22BrN3O4S2. The minimum Gasteiger partial charge on any atom is -0.302 e. The molecule has 10 heteroatoms. The number of fused-ring (bicyclic) bond motifs is 1. The smallest absolute Gasteiger partial charge is 0.264 e. The number of sulfonamides is 1. The van der Waals surface area contributed by atoms with Crippen molar-refractivity contribution in [3.8, 4) is 10.4 Å². The summed E-state index contributed by atoms with van der Waals surface area (Å²) in [6.07, 6.45) is 1.47. The Balaban J connectivity index is 1.67. The van der Waals surface area contributed by atoms with Gasteiger partial charge in [-0.15, -0.1) is 0 Å². The van der Waals surface area contributed by atoms with Crippen molar-refractivity contribution in [3.05, 3.63) is 59.3 Å². The fraction of sp³-hybridized carbons (Fsp3) is 0.261. The Hall–Kier alpha value is -2.56. The number of benzene rings is 2. The standard InChI is InChI=1S/C23H22BrN3O4S2/c1-14-22(32-23(25-14)26-15(2)28)18-7-10-20-17(12-18)4-3-11-27(20)33(30,31)19-8-5-16(6-9-19)21(29)13-24/h5-10,12H,3-4,11,13H2,1-2H3,(H,25,26,28). The first-order valence-corrected chi connectivity index (χ1v) is 13.7. The van der Waals surface area contributed by atoms with Crippen LogP contribution in [0.1, 0.15) is 35.0 Å². The molecule has 0 saturated carbocycles. The number of hydrogen-bond acceptors (Lipinski definition) is 6. The molecule has 0 aliphatic carbocycles. The van der Waals surface area contributed by atoms with Gasteiger partial charge in [0, 0.05) is 19.0 Å². The van der Waals surface area contributed by atoms with Crippen LogP contribution in [0.4, 0.5) is 10.8 Å². The maximum atomic E-state index is 13.4. The van der Waals surface area contributed by atoms with Gasteiger partial charge in [-0.3, -0.25) is 13.9 Å². The number of ketones is 1. The predicted octanol–water partition coefficient (Wildman–Crippen LogP) is 4.80. The molecule has 4 rings (SSSR count). The molecule has 0 saturated heterocycles. The molecule has 0 spiro atoms. The molecule has 1 amide bonds. The second kappa shape index (κ2) is 9.36. The molecule has 1 N–H and O–H groups in total. The SMILES string of the molecule is CC(=O)Nc1nc(C)c(-c2ccc3c(c2)CCCN3S(=O)(=O)c2ccc(C(=O)CBr)cc2)s1. The van der Waals surface area contributed by atoms with E-state index in [1.807, 2.05) is 25.1 Å². The van der Waals surface area contributed by atoms with Gasteiger partial charge in [0.1, 0.15) is 0 Å². The lowest BCUT2D eigenvalue weighted by Crippen LogP contribution is -2.35. The number of Topliss-reactive ketones (excluding diaryl/α,β-unsaturated/α-hetero) is 1. The summed E-state index contributed by atoms with van der Waals surface area (Å²) in [6.45, 7) is 3.72. The van der Waals surface area contributed by atoms with Crippen LogP contribution < -0.4 is 9.62 Å². The summed E-state index contributed by atoms with van der Waals surface area (Å²) < 4.78 is 28.2. The number of aryl methyl sites for hydroxylation is 2. The van der Waals surface area contributed by atoms with E-state index in [-0.39, 0.29) is 21.9 Å². The molecule has 3 aromatic rings. The van der Waals surface area contributed by atoms with E-state index in [4.69, 9.17) is 0 Å². The summed E-state index contributed by atoms with van der Waals surface area (Å²) in [4.78, 5) is 28.7. The summed E-state index contributed by atoms with van der Waals surface area (Å²) in [5.41, 5.74) is 3.82. The normalized spacial score (nSPS) is 13.5. The molecule has 2 aromatic carbocycles. The van der Waals surface area contributed by atoms with Crippen molar-refractivity contribution < 1.29 is 18.0 Å². The molecule has 172 valence electrons. The number of carbonyl (C=O) groups excluding carboxylic acids is 2. The summed E-state index contributed by atoms with van der Waals surface area (Å²) in [7, 11) is -3.77. The van der Waals surface area contributed by atoms with E-state index in [0.29, 0.717) is 29.3 Å². The third-order valence-corrected chi connectivity index (χ3v) is 8.84. The number of carbonyl (C=O) groups is 2. The highest BCUT2D eigenvalue weighted by Gasteiger charge is 2.29. The number of aromatic nitrogens is 1. The largest absolute Gasteiger partial charge is 0.302 e. The lowest BCUT2D eigenvalue weighted by molar-refractivity contribution is -0.114. The molecule has 0 fully saturated rings. The highest BCUT2D eigenvalue weighted by Crippen LogP contribution is 2.38. The number of amides is 1. The van der Waals surface area contributed by atoms with Crippen molar-refractivity contribution in [3.63, 3.8) is 0 Å². The number of rotatable bonds is 6. The number of hydrogen-bond donors (Lipinski definition) is 1. The number of nitrogens with zero attached hydrogens (tertiary/aromatic N) is 2. The number of nitrogens with one attached hydrogen (secondary N) is 1. The third-order valence-electron chi connectivity index (χ3n) is 5.38. The van der Waals surface area contributed by atoms with Gasteiger partial charge in [0.2, 0.25) is 5.91 Å². The van der Waals surface area contributed by atoms with Gasteiger partial charge in [-0.1, -0.05) is 45.5 Å². The van der Waals surface area contributed by atoms with Crippen LogP contribution in [0, 0.1) is 6.92 Å². The topological polar surface area (TPSA) is 96.4 Å². The van der Waals surface area contributed by atoms with Gasteiger partial charge in [-0.25, -0.2) is 13.4 Å². The molecule has 2 heterocycles. The highest BCUT2D eigenvalue weighted by molar-refractivity contribution is 9.09. The lowest BCUT2D eigenvalue weighted by Gasteiger charge is -2.31. The van der Waals surface area contributed by atoms with Gasteiger partial charge in [0.25, 0.3) is 10.0 Å². The first-order valence-electron chi connectivity index (χ1n) is 10.3. The first kappa shape index (κ1) is 23.6. The van der Waals surface area contributed by atoms with E-state index < -0.39 is 10.0 Å². The molecule has 0 bridgehead atoms. The molecule has 1 aromatic heterocycles. The average Bonchev–Trinajstić information content (AvgIpc) is 3.16. The van der Waals surface area contributed by atoms with Crippen LogP contribution in [0.25, 0.3) is 10.4 Å². The lowest BCUT2D eigenvalue weighted by atomic mass is 10.00. The van der Waals surface area contributed by atoms with Crippen LogP contribution >= 0.6 is 27.3 Å². The van der Waals surface area contributed by atoms with Gasteiger partial charge >= 0.3 is 0 Å². The van der Waals surface area contributed by atoms with Gasteiger partial charge < -0.3 is 5.32 Å². The fourth-order valence-corrected chi connectivity index (χ4v) is 6.71. The molecule has 7 nitrogen and oxygen atoms in total. The van der Waals surface area contributed by atoms with Crippen molar-refractivity contribution in [2.75, 3.05) is 21.5 Å². The minimum atomic E-state index is -3.77. The van der Waals surface area contributed by atoms with E-state index in [9.17, 15) is 18.0 Å². The summed E-state index contributed by atoms with van der Waals surface area (Å²) in [5.74, 6) is -0.277. The predicted molar refractivity (Wildman–Crippen MR) is 134 cm³/mol. The van der Waals surface area contributed by atoms with Crippen molar-refractivity contribution in [2.24, 2.45) is 0 Å². The van der Waals surface area contributed by atoms with Gasteiger partial charge in [-0.05, 0) is 55.2 Å². The average molecular weight is 548 g/mol. The zero-order valence-corrected chi connectivity index (χ0v) is 21.3. The Bertz CT molecular complexity index is 1330. The fourth-order valence-electron chi connectivity index (χ4n) is 3.84. The second-order valence-corrected chi connectivity index (χ2v) is 11.1. The molecule has 33 heavy (non-hydrogen) atoms. The van der Waals surface area contributed by atoms with E-state index in [1.165, 1.54) is 34.7 Å². The van der Waals surface area contributed by atoms with Gasteiger partial charge in [-0.2, -0.15) is 0 Å². The monoisotopic (exact) mass is 547 g/mol. The molecule has 0 radical (unpaired) electrons. The maximum Gasteiger partial charge on any atom is 0.264 e. The summed E-state index contributed by atoms with van der Waals surface area (Å²) in [6, 6.07) is 11.8. The Labute approximate surface area is 205 Å². The Kier molecular flexibility index (Phi) is 6.69. The molecule has 0 atom stereocenters. The van der Waals surface area contributed by atoms with E-state index in [2.05, 4.69) is 26.2 Å². The van der Waals surface area contributed by atoms with Crippen molar-refractivity contribution >= 4 is 59.8 Å². The van der Waals surface area contributed by atoms with Gasteiger partial charge in [0.05, 0.1) is 26.5 Å². The second-order valence-electron chi connectivity index (χ2n) is 7.72. The zero-order valence-electron chi connectivity index (χ0n) is 18.1. The number of thiazole rings is 1. The molecule has 1 aliphatic rings. The van der Waals surface area contributed by atoms with Crippen LogP contribution in [0.15, 0.2) is 47.4 Å². The van der Waals surface area contributed by atoms with Crippen molar-refractivity contribution in [1.29, 1.82) is 0 Å². The highest BCUT2D eigenvalue weighted by atomic mass is 79.9. The third kappa shape index (κ3) is 4.73. The Morgan fingerprint density at radius 1 is 1.18 bits per heavy atom. The summed E-state index contributed by atoms with van der Waals surface area (Å²) in [5, 5.41) is 3.44. The van der Waals surface area contributed by atoms with Crippen molar-refractivity contribution in [2.45, 2.75) is 31.6 Å². The van der Waals surface area contributed by atoms with Crippen LogP contribution in [0.5, 0.6) is 0 Å². The van der Waals surface area contributed by atoms with E-state index in [1.54, 1.807) is 12.1 Å². The maximum absolute atomic E-state index is 13.4. The molecule has 0 unspecified atom stereocenters. The van der Waals surface area contributed by atoms with Crippen molar-refractivity contribution in [1.82, 2.24) is 4.98 Å². The molecular weight excluding hydrogens is 526 g/mol. The first-order chi connectivity index (χ1) is 15.7. The quantitative estimate of drug-likeness (QED) is 0.353. The van der Waals surface area contributed by atoms with Crippen LogP contribution in [-0.2, 0) is 21.2 Å². The number of halogens is 1. The number of anilines is 2. The van der Waals surface area contributed by atoms with Crippen LogP contribution in [0.2, 0.25) is 0 Å². The summed E-state index contributed by atoms with van der Waals surface area (Å²) >= 11 is 4.53. The van der Waals surface area contributed by atoms with Crippen LogP contribution in [0.3, 0.4) is 0 Å². The number of alkyl halides is 1.